The molecule has 46 heteroatoms. The number of halogens is 18. The van der Waals surface area contributed by atoms with Crippen LogP contribution in [-0.2, 0) is 50.7 Å². The molecule has 0 bridgehead atoms. The van der Waals surface area contributed by atoms with Gasteiger partial charge >= 0.3 is 184 Å². The molecule has 0 atom stereocenters. The zero-order valence-corrected chi connectivity index (χ0v) is 78.8. The number of aromatic amines is 1. The first kappa shape index (κ1) is 104. The fourth-order valence-electron chi connectivity index (χ4n) is 8.04. The van der Waals surface area contributed by atoms with E-state index in [1.54, 1.807) is 50.5 Å². The maximum atomic E-state index is 12.9. The summed E-state index contributed by atoms with van der Waals surface area (Å²) in [6.07, 6.45) is -13.5. The van der Waals surface area contributed by atoms with Crippen LogP contribution in [0.25, 0.3) is 34.1 Å². The van der Waals surface area contributed by atoms with Crippen molar-refractivity contribution in [2.24, 2.45) is 11.7 Å². The fraction of sp³-hybridized carbons (Fsp3) is 0.474. The van der Waals surface area contributed by atoms with E-state index in [0.29, 0.717) is 26.2 Å². The SMILES string of the molecule is CC1(C)OB(B2OC(C)(C)C(C)(C)O2)OC1(C)C.CC1(C)OB(c2ccc(Cl)c3c(N)nn(CC(F)(F)F)c23)OC1(C)C.CCC(F)(F)F.CCO.N#Cc1c(Cl)ccc(Br)c1F.NN.Nc1n[nH]c2c(Br)ccc(Cl)c12.Nc1nn(CC(F)(F)F)c2c(Br)ccc(Cl)c12.O.[2H]OOC=O.[CH2-]F.[Cs+].[Cs+]. The Balaban J connectivity index is -0.00000117. The van der Waals surface area contributed by atoms with Crippen molar-refractivity contribution >= 4 is 177 Å². The van der Waals surface area contributed by atoms with Gasteiger partial charge < -0.3 is 65.0 Å². The minimum atomic E-state index is -4.46. The van der Waals surface area contributed by atoms with Crippen LogP contribution >= 0.6 is 94.2 Å². The zero-order valence-electron chi connectivity index (χ0n) is 59.5. The molecule has 0 radical (unpaired) electrons. The van der Waals surface area contributed by atoms with E-state index in [9.17, 15) is 48.3 Å². The quantitative estimate of drug-likeness (QED) is 0.0112. The van der Waals surface area contributed by atoms with Crippen molar-refractivity contribution < 1.29 is 240 Å². The summed E-state index contributed by atoms with van der Waals surface area (Å²) >= 11 is 32.9. The molecular weight excluding hydrogens is 1920 g/mol. The molecule has 3 aliphatic rings. The summed E-state index contributed by atoms with van der Waals surface area (Å²) in [5, 5.41) is 35.8. The van der Waals surface area contributed by atoms with Gasteiger partial charge in [0.1, 0.15) is 24.7 Å². The number of hydrogen-bond acceptors (Lipinski definition) is 19. The molecule has 23 nitrogen and oxygen atoms in total. The molecule has 0 spiro atoms. The molecule has 0 unspecified atom stereocenters. The van der Waals surface area contributed by atoms with Crippen molar-refractivity contribution in [2.75, 3.05) is 23.8 Å². The Labute approximate surface area is 753 Å². The van der Waals surface area contributed by atoms with Crippen LogP contribution in [0.5, 0.6) is 0 Å². The van der Waals surface area contributed by atoms with Gasteiger partial charge in [-0.2, -0.15) is 67.2 Å². The van der Waals surface area contributed by atoms with Gasteiger partial charge in [-0.05, 0) is 180 Å². The Hall–Kier alpha value is -0.661. The molecule has 3 fully saturated rings. The number of nitrogens with zero attached hydrogens (tertiary/aromatic N) is 6. The summed E-state index contributed by atoms with van der Waals surface area (Å²) < 4.78 is 175. The average molecular weight is 2000 g/mol. The first-order valence-electron chi connectivity index (χ1n) is 29.0. The molecule has 15 N–H and O–H groups in total. The minimum Gasteiger partial charge on any atom is -0.463 e. The molecular formula is C57H76B3Br3Cl4Cs2F11N12O11+. The molecule has 0 aliphatic carbocycles. The Bertz CT molecular complexity index is 3820. The Morgan fingerprint density at radius 2 is 0.951 bits per heavy atom. The van der Waals surface area contributed by atoms with Crippen molar-refractivity contribution in [1.82, 2.24) is 29.8 Å². The predicted octanol–water partition coefficient (Wildman–Crippen LogP) is 8.99. The van der Waals surface area contributed by atoms with E-state index in [-0.39, 0.29) is 232 Å². The molecule has 10 rings (SSSR count). The first-order chi connectivity index (χ1) is 46.2. The molecule has 3 aromatic heterocycles. The molecule has 3 aliphatic heterocycles. The van der Waals surface area contributed by atoms with Gasteiger partial charge in [0.15, 0.2) is 23.3 Å². The number of nitrogens with one attached hydrogen (secondary N) is 1. The average Bonchev–Trinajstić information content (AvgIpc) is 1.60. The van der Waals surface area contributed by atoms with Crippen molar-refractivity contribution in [3.63, 3.8) is 0 Å². The Morgan fingerprint density at radius 1 is 0.621 bits per heavy atom. The van der Waals surface area contributed by atoms with E-state index in [1.807, 2.05) is 89.2 Å². The second-order valence-corrected chi connectivity index (χ2v) is 27.7. The van der Waals surface area contributed by atoms with E-state index in [1.165, 1.54) is 12.1 Å². The van der Waals surface area contributed by atoms with Crippen LogP contribution in [0, 0.1) is 24.3 Å². The second kappa shape index (κ2) is 45.1. The summed E-state index contributed by atoms with van der Waals surface area (Å²) in [6.45, 7) is 24.2. The normalized spacial score (nSPS) is 16.0. The number of aliphatic hydroxyl groups excluding tert-OH is 1. The van der Waals surface area contributed by atoms with Crippen LogP contribution in [0.4, 0.5) is 65.7 Å². The van der Waals surface area contributed by atoms with Crippen molar-refractivity contribution in [3.05, 3.63) is 101 Å². The van der Waals surface area contributed by atoms with E-state index < -0.39 is 76.2 Å². The van der Waals surface area contributed by atoms with E-state index >= 15 is 0 Å². The standard InChI is InChI=1S/C15H18BClF3N3O2.C12H24B2O4.C9H6BrClF3N3.C7H2BrClFN.C7H5BrClN3.C3H5F3.C2H6O.CH2F.CH2O3.2Cs.H4N2.H2O/c1-13(2)14(3,4)25-16(24-13)8-5-6-9(17)10-11(8)23(22-12(10)21)7-15(18,19)20;1-9(2)10(3,4)16-13(15-9)14-17-11(5,6)12(7,8)18-14;10-4-1-2-5(11)6-7(4)17(16-8(6)15)3-9(12,13)14;8-5-1-2-6(9)4(3-11)7(5)10;8-3-1-2-4(9)5-6(3)11-12-7(5)10;1-2-3(4,5)6;1-2-3;1-2;2-1-4-3;;;1-2;/h5-6H,7H2,1-4H3,(H2,21,22);1-8H3;1-2H,3H2,(H2,15,16);1-2H;1-2H,(H3,10,11,12);2H2,1H3;3H,2H2,1H3;1H2;1,3H;;;1-2H2;1H2/q;;;;;;;-1;;2*+1;;/i/hD. The smallest absolute Gasteiger partial charge is 0.463 e. The topological polar surface area (TPSA) is 372 Å². The molecule has 6 heterocycles. The van der Waals surface area contributed by atoms with Crippen molar-refractivity contribution in [3.8, 4) is 6.07 Å². The number of H-pyrrole nitrogens is 1. The van der Waals surface area contributed by atoms with Gasteiger partial charge in [0.05, 0.1) is 90.9 Å². The maximum Gasteiger partial charge on any atom is 1.00 e. The molecule has 3 saturated heterocycles. The van der Waals surface area contributed by atoms with Gasteiger partial charge in [-0.15, -0.1) is 0 Å². The number of nitrogen functional groups attached to an aromatic ring is 3. The van der Waals surface area contributed by atoms with E-state index in [2.05, 4.69) is 90.0 Å². The van der Waals surface area contributed by atoms with Crippen LogP contribution in [0.3, 0.4) is 0 Å². The first-order valence-corrected chi connectivity index (χ1v) is 32.5. The van der Waals surface area contributed by atoms with Gasteiger partial charge in [0.25, 0.3) is 1.43 Å². The molecule has 0 amide bonds. The number of alkyl halides is 9. The number of hydrazine groups is 1. The second-order valence-electron chi connectivity index (χ2n) is 23.5. The number of nitriles is 1. The Kier molecular flexibility index (Phi) is 45.7. The largest absolute Gasteiger partial charge is 1.00 e. The van der Waals surface area contributed by atoms with E-state index in [0.717, 1.165) is 31.7 Å². The van der Waals surface area contributed by atoms with Gasteiger partial charge in [-0.3, -0.25) is 30.9 Å². The molecule has 7 aromatic rings. The van der Waals surface area contributed by atoms with Gasteiger partial charge in [0.2, 0.25) is 0 Å². The molecule has 0 saturated carbocycles. The summed E-state index contributed by atoms with van der Waals surface area (Å²) in [7, 11) is -0.0556. The third-order valence-corrected chi connectivity index (χ3v) is 18.1. The number of carbonyl (C=O) groups is 1. The van der Waals surface area contributed by atoms with Crippen LogP contribution in [0.1, 0.15) is 109 Å². The predicted molar refractivity (Wildman–Crippen MR) is 380 cm³/mol. The number of benzene rings is 4. The molecule has 4 aromatic carbocycles. The van der Waals surface area contributed by atoms with Gasteiger partial charge in [-0.25, -0.2) is 9.65 Å². The van der Waals surface area contributed by atoms with Gasteiger partial charge in [0, 0.05) is 27.4 Å². The summed E-state index contributed by atoms with van der Waals surface area (Å²) in [5.41, 5.74) is 15.8. The van der Waals surface area contributed by atoms with Crippen LogP contribution < -0.4 is 172 Å². The monoisotopic (exact) mass is 1990 g/mol. The molecule has 566 valence electrons. The van der Waals surface area contributed by atoms with Crippen LogP contribution in [-0.4, -0.2) is 132 Å². The van der Waals surface area contributed by atoms with E-state index in [4.69, 9.17) is 108 Å². The Morgan fingerprint density at radius 3 is 1.28 bits per heavy atom. The number of rotatable bonds is 6. The van der Waals surface area contributed by atoms with Gasteiger partial charge in [-0.1, -0.05) is 59.4 Å². The number of carbonyl (C=O) groups excluding carboxylic acids is 1. The maximum absolute atomic E-state index is 12.9. The zero-order chi connectivity index (χ0) is 78.7. The summed E-state index contributed by atoms with van der Waals surface area (Å²) in [5.74, 6) is 7.73. The van der Waals surface area contributed by atoms with Crippen molar-refractivity contribution in [2.45, 2.75) is 169 Å². The molecule has 103 heavy (non-hydrogen) atoms. The fourth-order valence-corrected chi connectivity index (χ4v) is 10.3. The number of hydrogen-bond donors (Lipinski definition) is 8. The number of nitrogens with two attached hydrogens (primary N) is 5. The number of fused-ring (bicyclic) bond motifs is 3. The summed E-state index contributed by atoms with van der Waals surface area (Å²) in [4.78, 5) is 12.3. The number of aliphatic hydroxyl groups is 1. The third-order valence-electron chi connectivity index (χ3n) is 14.9. The van der Waals surface area contributed by atoms with Crippen LogP contribution in [0.15, 0.2) is 61.9 Å². The van der Waals surface area contributed by atoms with Crippen LogP contribution in [0.2, 0.25) is 20.1 Å². The van der Waals surface area contributed by atoms with Crippen molar-refractivity contribution in [1.29, 1.82) is 6.69 Å². The number of anilines is 3. The minimum absolute atomic E-state index is 0. The summed E-state index contributed by atoms with van der Waals surface area (Å²) in [6, 6.07) is 14.5. The number of aromatic nitrogens is 6. The third kappa shape index (κ3) is 30.4.